The van der Waals surface area contributed by atoms with Gasteiger partial charge in [-0.15, -0.1) is 0 Å². The van der Waals surface area contributed by atoms with Crippen molar-refractivity contribution in [2.45, 2.75) is 13.1 Å². The summed E-state index contributed by atoms with van der Waals surface area (Å²) in [6.45, 7) is 1.43. The van der Waals surface area contributed by atoms with Gasteiger partial charge in [0.2, 0.25) is 0 Å². The lowest BCUT2D eigenvalue weighted by Crippen LogP contribution is -2.04. The third-order valence-electron chi connectivity index (χ3n) is 1.03. The Morgan fingerprint density at radius 1 is 1.43 bits per heavy atom. The summed E-state index contributed by atoms with van der Waals surface area (Å²) in [5.74, 6) is 0. The van der Waals surface area contributed by atoms with Gasteiger partial charge < -0.3 is 0 Å². The predicted molar refractivity (Wildman–Crippen MR) is 45.5 cm³/mol. The molecule has 0 amide bonds. The number of pyridine rings is 1. The Labute approximate surface area is 83.9 Å². The molecule has 0 fully saturated rings. The van der Waals surface area contributed by atoms with Crippen LogP contribution >= 0.6 is 11.6 Å². The molecule has 0 N–H and O–H groups in total. The Kier molecular flexibility index (Phi) is 4.95. The van der Waals surface area contributed by atoms with Gasteiger partial charge in [-0.05, 0) is 6.07 Å². The molecular formula is C8H6ClF3N2. The van der Waals surface area contributed by atoms with Gasteiger partial charge in [-0.2, -0.15) is 18.4 Å². The molecule has 0 aliphatic rings. The smallest absolute Gasteiger partial charge is 0.263 e. The molecule has 76 valence electrons. The predicted octanol–water partition coefficient (Wildman–Crippen LogP) is 3.28. The van der Waals surface area contributed by atoms with Crippen LogP contribution in [0, 0.1) is 11.3 Å². The van der Waals surface area contributed by atoms with Gasteiger partial charge in [0.1, 0.15) is 0 Å². The second kappa shape index (κ2) is 5.45. The molecule has 1 rings (SSSR count). The first-order valence-corrected chi connectivity index (χ1v) is 3.78. The zero-order valence-corrected chi connectivity index (χ0v) is 7.89. The monoisotopic (exact) mass is 222 g/mol. The van der Waals surface area contributed by atoms with Crippen LogP contribution in [-0.4, -0.2) is 4.98 Å². The summed E-state index contributed by atoms with van der Waals surface area (Å²) in [6.07, 6.45) is -2.49. The van der Waals surface area contributed by atoms with Crippen LogP contribution in [0.2, 0.25) is 5.02 Å². The maximum absolute atomic E-state index is 11.9. The van der Waals surface area contributed by atoms with Crippen molar-refractivity contribution in [1.29, 1.82) is 5.26 Å². The second-order valence-electron chi connectivity index (χ2n) is 2.11. The highest BCUT2D eigenvalue weighted by molar-refractivity contribution is 6.30. The molecule has 0 aliphatic carbocycles. The number of aromatic nitrogens is 1. The molecule has 0 bridgehead atoms. The van der Waals surface area contributed by atoms with Crippen molar-refractivity contribution in [1.82, 2.24) is 4.98 Å². The van der Waals surface area contributed by atoms with Crippen molar-refractivity contribution in [3.8, 4) is 6.07 Å². The van der Waals surface area contributed by atoms with Crippen LogP contribution in [-0.2, 0) is 6.18 Å². The van der Waals surface area contributed by atoms with Crippen LogP contribution in [0.3, 0.4) is 0 Å². The van der Waals surface area contributed by atoms with E-state index >= 15 is 0 Å². The highest BCUT2D eigenvalue weighted by Crippen LogP contribution is 2.29. The van der Waals surface area contributed by atoms with Crippen molar-refractivity contribution in [3.05, 3.63) is 29.0 Å². The Morgan fingerprint density at radius 3 is 2.21 bits per heavy atom. The number of nitriles is 1. The molecule has 0 saturated heterocycles. The van der Waals surface area contributed by atoms with Crippen LogP contribution in [0.4, 0.5) is 13.2 Å². The minimum Gasteiger partial charge on any atom is -0.263 e. The fourth-order valence-corrected chi connectivity index (χ4v) is 0.741. The van der Waals surface area contributed by atoms with Crippen molar-refractivity contribution in [2.75, 3.05) is 0 Å². The molecular weight excluding hydrogens is 217 g/mol. The fourth-order valence-electron chi connectivity index (χ4n) is 0.567. The Morgan fingerprint density at radius 2 is 1.93 bits per heavy atom. The maximum atomic E-state index is 11.9. The van der Waals surface area contributed by atoms with E-state index in [0.717, 1.165) is 18.5 Å². The second-order valence-corrected chi connectivity index (χ2v) is 2.55. The summed E-state index contributed by atoms with van der Waals surface area (Å²) in [4.78, 5) is 3.30. The molecule has 0 atom stereocenters. The van der Waals surface area contributed by atoms with Crippen molar-refractivity contribution in [2.24, 2.45) is 0 Å². The summed E-state index contributed by atoms with van der Waals surface area (Å²) in [6, 6.07) is 2.58. The van der Waals surface area contributed by atoms with Crippen LogP contribution in [0.1, 0.15) is 12.5 Å². The summed E-state index contributed by atoms with van der Waals surface area (Å²) >= 11 is 5.29. The van der Waals surface area contributed by atoms with Crippen molar-refractivity contribution < 1.29 is 13.2 Å². The minimum absolute atomic E-state index is 0.0141. The standard InChI is InChI=1S/C6H3ClF3N.C2H3N/c7-5-1-4(2-11-3-5)6(8,9)10;1-2-3/h1-3H;1H3. The topological polar surface area (TPSA) is 36.7 Å². The largest absolute Gasteiger partial charge is 0.417 e. The average Bonchev–Trinajstić information content (AvgIpc) is 2.04. The third kappa shape index (κ3) is 4.67. The number of halogens is 4. The SMILES string of the molecule is CC#N.FC(F)(F)c1cncc(Cl)c1. The van der Waals surface area contributed by atoms with Crippen molar-refractivity contribution >= 4 is 11.6 Å². The molecule has 1 aromatic rings. The number of alkyl halides is 3. The van der Waals surface area contributed by atoms with Gasteiger partial charge in [-0.3, -0.25) is 4.98 Å². The number of nitrogens with zero attached hydrogens (tertiary/aromatic N) is 2. The molecule has 2 nitrogen and oxygen atoms in total. The highest BCUT2D eigenvalue weighted by Gasteiger charge is 2.30. The lowest BCUT2D eigenvalue weighted by atomic mass is 10.3. The summed E-state index contributed by atoms with van der Waals surface area (Å²) in [7, 11) is 0. The lowest BCUT2D eigenvalue weighted by Gasteiger charge is -2.04. The lowest BCUT2D eigenvalue weighted by molar-refractivity contribution is -0.137. The fraction of sp³-hybridized carbons (Fsp3) is 0.250. The van der Waals surface area contributed by atoms with Crippen LogP contribution in [0.15, 0.2) is 18.5 Å². The highest BCUT2D eigenvalue weighted by atomic mass is 35.5. The van der Waals surface area contributed by atoms with E-state index in [-0.39, 0.29) is 5.02 Å². The molecule has 1 aromatic heterocycles. The van der Waals surface area contributed by atoms with Gasteiger partial charge in [-0.25, -0.2) is 0 Å². The first kappa shape index (κ1) is 12.7. The van der Waals surface area contributed by atoms with E-state index in [1.165, 1.54) is 6.92 Å². The normalized spacial score (nSPS) is 9.71. The van der Waals surface area contributed by atoms with Gasteiger partial charge in [0, 0.05) is 19.3 Å². The van der Waals surface area contributed by atoms with E-state index < -0.39 is 11.7 Å². The first-order valence-electron chi connectivity index (χ1n) is 3.40. The number of hydrogen-bond donors (Lipinski definition) is 0. The van der Waals surface area contributed by atoms with E-state index in [0.29, 0.717) is 0 Å². The Hall–Kier alpha value is -1.28. The van der Waals surface area contributed by atoms with Crippen LogP contribution in [0.5, 0.6) is 0 Å². The quantitative estimate of drug-likeness (QED) is 0.675. The Bertz CT molecular complexity index is 330. The maximum Gasteiger partial charge on any atom is 0.417 e. The van der Waals surface area contributed by atoms with E-state index in [1.807, 2.05) is 0 Å². The summed E-state index contributed by atoms with van der Waals surface area (Å²) in [5, 5.41) is 7.31. The molecule has 0 aromatic carbocycles. The molecule has 0 radical (unpaired) electrons. The van der Waals surface area contributed by atoms with E-state index in [2.05, 4.69) is 4.98 Å². The molecule has 14 heavy (non-hydrogen) atoms. The first-order chi connectivity index (χ1) is 6.41. The minimum atomic E-state index is -4.36. The van der Waals surface area contributed by atoms with Crippen molar-refractivity contribution in [3.63, 3.8) is 0 Å². The van der Waals surface area contributed by atoms with Gasteiger partial charge in [0.05, 0.1) is 16.7 Å². The molecule has 1 heterocycles. The molecule has 0 unspecified atom stereocenters. The number of hydrogen-bond acceptors (Lipinski definition) is 2. The van der Waals surface area contributed by atoms with Crippen LogP contribution < -0.4 is 0 Å². The van der Waals surface area contributed by atoms with E-state index in [1.54, 1.807) is 6.07 Å². The van der Waals surface area contributed by atoms with E-state index in [4.69, 9.17) is 16.9 Å². The zero-order chi connectivity index (χ0) is 11.2. The zero-order valence-electron chi connectivity index (χ0n) is 7.14. The molecule has 0 spiro atoms. The number of rotatable bonds is 0. The molecule has 0 aliphatic heterocycles. The summed E-state index contributed by atoms with van der Waals surface area (Å²) < 4.78 is 35.6. The summed E-state index contributed by atoms with van der Waals surface area (Å²) in [5.41, 5.74) is -0.829. The van der Waals surface area contributed by atoms with E-state index in [9.17, 15) is 13.2 Å². The van der Waals surface area contributed by atoms with Gasteiger partial charge in [-0.1, -0.05) is 11.6 Å². The third-order valence-corrected chi connectivity index (χ3v) is 1.24. The molecule has 0 saturated carbocycles. The van der Waals surface area contributed by atoms with Gasteiger partial charge >= 0.3 is 6.18 Å². The average molecular weight is 223 g/mol. The van der Waals surface area contributed by atoms with Crippen LogP contribution in [0.25, 0.3) is 0 Å². The molecule has 6 heteroatoms. The Balaban J connectivity index is 0.000000500. The van der Waals surface area contributed by atoms with Gasteiger partial charge in [0.25, 0.3) is 0 Å². The van der Waals surface area contributed by atoms with Gasteiger partial charge in [0.15, 0.2) is 0 Å².